The SMILES string of the molecule is CC1(C)Oc2ccc(C#N)cc2C(C2=C(C(O)C(N)=O)C=CCC2)=C1O. The van der Waals surface area contributed by atoms with Crippen molar-refractivity contribution < 1.29 is 19.7 Å². The van der Waals surface area contributed by atoms with Crippen molar-refractivity contribution in [1.29, 1.82) is 5.26 Å². The Balaban J connectivity index is 2.32. The molecule has 26 heavy (non-hydrogen) atoms. The lowest BCUT2D eigenvalue weighted by molar-refractivity contribution is -0.124. The van der Waals surface area contributed by atoms with E-state index in [1.165, 1.54) is 0 Å². The van der Waals surface area contributed by atoms with Crippen molar-refractivity contribution in [1.82, 2.24) is 0 Å². The van der Waals surface area contributed by atoms with Gasteiger partial charge in [0.2, 0.25) is 0 Å². The van der Waals surface area contributed by atoms with E-state index in [2.05, 4.69) is 6.07 Å². The molecule has 1 heterocycles. The maximum absolute atomic E-state index is 11.5. The van der Waals surface area contributed by atoms with Crippen molar-refractivity contribution in [2.45, 2.75) is 38.4 Å². The minimum atomic E-state index is -1.48. The summed E-state index contributed by atoms with van der Waals surface area (Å²) >= 11 is 0. The molecule has 134 valence electrons. The monoisotopic (exact) mass is 352 g/mol. The van der Waals surface area contributed by atoms with Crippen LogP contribution >= 0.6 is 0 Å². The molecule has 3 rings (SSSR count). The molecule has 1 aliphatic heterocycles. The predicted octanol–water partition coefficient (Wildman–Crippen LogP) is 2.49. The van der Waals surface area contributed by atoms with Crippen molar-refractivity contribution in [2.75, 3.05) is 0 Å². The van der Waals surface area contributed by atoms with Gasteiger partial charge >= 0.3 is 0 Å². The molecule has 0 saturated carbocycles. The number of rotatable bonds is 3. The fourth-order valence-electron chi connectivity index (χ4n) is 3.30. The summed E-state index contributed by atoms with van der Waals surface area (Å²) in [6, 6.07) is 7.04. The van der Waals surface area contributed by atoms with E-state index in [0.29, 0.717) is 46.4 Å². The molecular weight excluding hydrogens is 332 g/mol. The van der Waals surface area contributed by atoms with Crippen LogP contribution < -0.4 is 10.5 Å². The third kappa shape index (κ3) is 2.87. The van der Waals surface area contributed by atoms with Crippen molar-refractivity contribution in [3.8, 4) is 11.8 Å². The third-order valence-electron chi connectivity index (χ3n) is 4.62. The Morgan fingerprint density at radius 3 is 2.81 bits per heavy atom. The molecule has 0 aromatic heterocycles. The molecule has 1 unspecified atom stereocenters. The quantitative estimate of drug-likeness (QED) is 0.773. The van der Waals surface area contributed by atoms with Gasteiger partial charge < -0.3 is 20.7 Å². The minimum absolute atomic E-state index is 0.0143. The fraction of sp³-hybridized carbons (Fsp3) is 0.300. The van der Waals surface area contributed by atoms with Crippen LogP contribution in [0.3, 0.4) is 0 Å². The van der Waals surface area contributed by atoms with Crippen LogP contribution in [0.5, 0.6) is 5.75 Å². The number of carbonyl (C=O) groups is 1. The molecular formula is C20H20N2O4. The number of hydrogen-bond donors (Lipinski definition) is 3. The van der Waals surface area contributed by atoms with Gasteiger partial charge in [0.05, 0.1) is 11.6 Å². The zero-order valence-electron chi connectivity index (χ0n) is 14.6. The van der Waals surface area contributed by atoms with Gasteiger partial charge in [-0.1, -0.05) is 12.2 Å². The van der Waals surface area contributed by atoms with Crippen LogP contribution in [-0.2, 0) is 4.79 Å². The van der Waals surface area contributed by atoms with E-state index in [4.69, 9.17) is 10.5 Å². The first-order valence-corrected chi connectivity index (χ1v) is 8.31. The largest absolute Gasteiger partial charge is 0.507 e. The van der Waals surface area contributed by atoms with E-state index < -0.39 is 17.6 Å². The van der Waals surface area contributed by atoms with Gasteiger partial charge in [-0.05, 0) is 56.0 Å². The van der Waals surface area contributed by atoms with Crippen molar-refractivity contribution in [3.05, 3.63) is 58.4 Å². The molecule has 0 saturated heterocycles. The number of aliphatic hydroxyl groups excluding tert-OH is 2. The van der Waals surface area contributed by atoms with E-state index in [0.717, 1.165) is 0 Å². The van der Waals surface area contributed by atoms with E-state index >= 15 is 0 Å². The normalized spacial score (nSPS) is 19.5. The molecule has 1 amide bonds. The van der Waals surface area contributed by atoms with Gasteiger partial charge in [-0.2, -0.15) is 5.26 Å². The average molecular weight is 352 g/mol. The van der Waals surface area contributed by atoms with Gasteiger partial charge in [0.25, 0.3) is 5.91 Å². The Bertz CT molecular complexity index is 916. The molecule has 6 nitrogen and oxygen atoms in total. The highest BCUT2D eigenvalue weighted by Gasteiger charge is 2.38. The second kappa shape index (κ2) is 6.36. The Labute approximate surface area is 151 Å². The highest BCUT2D eigenvalue weighted by Crippen LogP contribution is 2.46. The smallest absolute Gasteiger partial charge is 0.250 e. The number of hydrogen-bond acceptors (Lipinski definition) is 5. The van der Waals surface area contributed by atoms with E-state index in [-0.39, 0.29) is 5.76 Å². The van der Waals surface area contributed by atoms with Gasteiger partial charge in [-0.15, -0.1) is 0 Å². The van der Waals surface area contributed by atoms with Crippen LogP contribution in [0.1, 0.15) is 37.8 Å². The summed E-state index contributed by atoms with van der Waals surface area (Å²) < 4.78 is 5.88. The summed E-state index contributed by atoms with van der Waals surface area (Å²) in [5.41, 5.74) is 6.73. The summed E-state index contributed by atoms with van der Waals surface area (Å²) in [7, 11) is 0. The lowest BCUT2D eigenvalue weighted by Gasteiger charge is -2.35. The number of aliphatic hydroxyl groups is 2. The van der Waals surface area contributed by atoms with Gasteiger partial charge in [0.15, 0.2) is 11.7 Å². The van der Waals surface area contributed by atoms with Crippen LogP contribution in [0.2, 0.25) is 0 Å². The molecule has 0 bridgehead atoms. The number of primary amides is 1. The van der Waals surface area contributed by atoms with Crippen LogP contribution in [0.15, 0.2) is 47.3 Å². The first kappa shape index (κ1) is 17.8. The molecule has 6 heteroatoms. The van der Waals surface area contributed by atoms with E-state index in [1.807, 2.05) is 6.08 Å². The van der Waals surface area contributed by atoms with Gasteiger partial charge in [-0.25, -0.2) is 0 Å². The summed E-state index contributed by atoms with van der Waals surface area (Å²) in [6.07, 6.45) is 3.23. The molecule has 0 radical (unpaired) electrons. The average Bonchev–Trinajstić information content (AvgIpc) is 2.61. The first-order chi connectivity index (χ1) is 12.3. The molecule has 4 N–H and O–H groups in total. The van der Waals surface area contributed by atoms with Crippen LogP contribution in [0.25, 0.3) is 5.57 Å². The standard InChI is InChI=1S/C20H20N2O4/c1-20(2)18(24)16(14-9-11(10-21)7-8-15(14)26-20)12-5-3-4-6-13(12)17(23)19(22)25/h4,6-9,17,23-24H,3,5H2,1-2H3,(H2,22,25). The lowest BCUT2D eigenvalue weighted by Crippen LogP contribution is -2.36. The molecule has 1 aliphatic carbocycles. The van der Waals surface area contributed by atoms with Crippen LogP contribution in [-0.4, -0.2) is 27.8 Å². The molecule has 0 spiro atoms. The summed E-state index contributed by atoms with van der Waals surface area (Å²) in [6.45, 7) is 3.46. The van der Waals surface area contributed by atoms with Crippen LogP contribution in [0, 0.1) is 11.3 Å². The lowest BCUT2D eigenvalue weighted by atomic mass is 9.81. The number of ether oxygens (including phenoxy) is 1. The maximum atomic E-state index is 11.5. The Hall–Kier alpha value is -3.04. The number of amides is 1. The number of carbonyl (C=O) groups excluding carboxylic acids is 1. The fourth-order valence-corrected chi connectivity index (χ4v) is 3.30. The predicted molar refractivity (Wildman–Crippen MR) is 96.0 cm³/mol. The second-order valence-electron chi connectivity index (χ2n) is 6.84. The van der Waals surface area contributed by atoms with Crippen LogP contribution in [0.4, 0.5) is 0 Å². The summed E-state index contributed by atoms with van der Waals surface area (Å²) in [4.78, 5) is 11.5. The van der Waals surface area contributed by atoms with E-state index in [1.54, 1.807) is 38.1 Å². The van der Waals surface area contributed by atoms with E-state index in [9.17, 15) is 20.3 Å². The Morgan fingerprint density at radius 2 is 2.15 bits per heavy atom. The highest BCUT2D eigenvalue weighted by molar-refractivity contribution is 5.91. The van der Waals surface area contributed by atoms with Gasteiger partial charge in [0, 0.05) is 11.1 Å². The molecule has 2 aliphatic rings. The molecule has 1 atom stereocenters. The molecule has 1 aromatic rings. The number of nitrogens with zero attached hydrogens (tertiary/aromatic N) is 1. The number of fused-ring (bicyclic) bond motifs is 1. The van der Waals surface area contributed by atoms with Gasteiger partial charge in [0.1, 0.15) is 11.5 Å². The van der Waals surface area contributed by atoms with Crippen molar-refractivity contribution in [3.63, 3.8) is 0 Å². The third-order valence-corrected chi connectivity index (χ3v) is 4.62. The topological polar surface area (TPSA) is 117 Å². The number of nitriles is 1. The Kier molecular flexibility index (Phi) is 4.34. The number of benzene rings is 1. The maximum Gasteiger partial charge on any atom is 0.250 e. The minimum Gasteiger partial charge on any atom is -0.507 e. The number of allylic oxidation sites excluding steroid dienone is 3. The second-order valence-corrected chi connectivity index (χ2v) is 6.84. The van der Waals surface area contributed by atoms with Crippen molar-refractivity contribution >= 4 is 11.5 Å². The first-order valence-electron chi connectivity index (χ1n) is 8.31. The van der Waals surface area contributed by atoms with Gasteiger partial charge in [-0.3, -0.25) is 4.79 Å². The summed E-state index contributed by atoms with van der Waals surface area (Å²) in [5.74, 6) is -0.349. The molecule has 1 aromatic carbocycles. The Morgan fingerprint density at radius 1 is 1.42 bits per heavy atom. The molecule has 0 fully saturated rings. The summed E-state index contributed by atoms with van der Waals surface area (Å²) in [5, 5.41) is 30.4. The zero-order chi connectivity index (χ0) is 19.1. The highest BCUT2D eigenvalue weighted by atomic mass is 16.5. The number of nitrogens with two attached hydrogens (primary N) is 1. The van der Waals surface area contributed by atoms with Crippen molar-refractivity contribution in [2.24, 2.45) is 5.73 Å². The zero-order valence-corrected chi connectivity index (χ0v) is 14.6.